The molecule has 0 unspecified atom stereocenters. The number of nitrogens with two attached hydrogens (primary N) is 1. The van der Waals surface area contributed by atoms with Gasteiger partial charge in [0.05, 0.1) is 0 Å². The summed E-state index contributed by atoms with van der Waals surface area (Å²) < 4.78 is 26.2. The minimum atomic E-state index is -3.32. The van der Waals surface area contributed by atoms with E-state index in [0.29, 0.717) is 13.1 Å². The second-order valence-electron chi connectivity index (χ2n) is 2.70. The van der Waals surface area contributed by atoms with Crippen molar-refractivity contribution in [3.63, 3.8) is 0 Å². The van der Waals surface area contributed by atoms with Crippen molar-refractivity contribution in [1.82, 2.24) is 9.03 Å². The quantitative estimate of drug-likeness (QED) is 0.598. The van der Waals surface area contributed by atoms with E-state index >= 15 is 0 Å². The smallest absolute Gasteiger partial charge is 0.279 e. The first-order valence-corrected chi connectivity index (χ1v) is 5.30. The maximum absolute atomic E-state index is 11.3. The van der Waals surface area contributed by atoms with Gasteiger partial charge in [-0.25, -0.2) is 4.72 Å². The van der Waals surface area contributed by atoms with Crippen molar-refractivity contribution in [2.75, 3.05) is 20.1 Å². The van der Waals surface area contributed by atoms with Crippen molar-refractivity contribution in [2.45, 2.75) is 19.9 Å². The van der Waals surface area contributed by atoms with Crippen LogP contribution in [-0.2, 0) is 10.2 Å². The lowest BCUT2D eigenvalue weighted by molar-refractivity contribution is 0.357. The molecule has 0 aliphatic heterocycles. The molecule has 0 aromatic rings. The first kappa shape index (κ1) is 11.8. The van der Waals surface area contributed by atoms with E-state index in [4.69, 9.17) is 5.73 Å². The standard InChI is InChI=1S/C6H17N3O2S/c1-6(2)9(5-4-7)12(10,11)8-3/h6,8H,4-5,7H2,1-3H3. The summed E-state index contributed by atoms with van der Waals surface area (Å²) in [4.78, 5) is 0. The van der Waals surface area contributed by atoms with E-state index in [-0.39, 0.29) is 6.04 Å². The van der Waals surface area contributed by atoms with Gasteiger partial charge >= 0.3 is 0 Å². The van der Waals surface area contributed by atoms with Gasteiger partial charge in [-0.05, 0) is 13.8 Å². The number of hydrogen-bond acceptors (Lipinski definition) is 3. The molecule has 0 heterocycles. The number of nitrogens with one attached hydrogen (secondary N) is 1. The van der Waals surface area contributed by atoms with Gasteiger partial charge in [-0.1, -0.05) is 0 Å². The second kappa shape index (κ2) is 4.76. The molecule has 5 nitrogen and oxygen atoms in total. The summed E-state index contributed by atoms with van der Waals surface area (Å²) in [6.45, 7) is 4.30. The van der Waals surface area contributed by atoms with Crippen LogP contribution in [0.3, 0.4) is 0 Å². The molecule has 0 radical (unpaired) electrons. The molecule has 0 atom stereocenters. The molecule has 0 saturated heterocycles. The highest BCUT2D eigenvalue weighted by Crippen LogP contribution is 2.02. The van der Waals surface area contributed by atoms with Gasteiger partial charge in [0.1, 0.15) is 0 Å². The first-order chi connectivity index (χ1) is 5.45. The normalized spacial score (nSPS) is 12.8. The summed E-state index contributed by atoms with van der Waals surface area (Å²) in [6.07, 6.45) is 0. The van der Waals surface area contributed by atoms with Crippen LogP contribution in [0, 0.1) is 0 Å². The molecular weight excluding hydrogens is 178 g/mol. The highest BCUT2D eigenvalue weighted by atomic mass is 32.2. The van der Waals surface area contributed by atoms with Crippen LogP contribution in [0.1, 0.15) is 13.8 Å². The van der Waals surface area contributed by atoms with Gasteiger partial charge in [0.2, 0.25) is 0 Å². The van der Waals surface area contributed by atoms with Gasteiger partial charge in [-0.15, -0.1) is 0 Å². The van der Waals surface area contributed by atoms with Gasteiger partial charge in [0, 0.05) is 26.2 Å². The molecule has 0 bridgehead atoms. The van der Waals surface area contributed by atoms with Gasteiger partial charge in [-0.2, -0.15) is 12.7 Å². The summed E-state index contributed by atoms with van der Waals surface area (Å²) in [6, 6.07) is -0.0639. The van der Waals surface area contributed by atoms with Crippen LogP contribution in [0.4, 0.5) is 0 Å². The third-order valence-electron chi connectivity index (χ3n) is 1.49. The minimum absolute atomic E-state index is 0.0639. The predicted octanol–water partition coefficient (Wildman–Crippen LogP) is -0.880. The maximum atomic E-state index is 11.3. The van der Waals surface area contributed by atoms with Crippen molar-refractivity contribution in [1.29, 1.82) is 0 Å². The average Bonchev–Trinajstić information content (AvgIpc) is 1.99. The molecule has 12 heavy (non-hydrogen) atoms. The van der Waals surface area contributed by atoms with Gasteiger partial charge in [0.15, 0.2) is 0 Å². The predicted molar refractivity (Wildman–Crippen MR) is 48.9 cm³/mol. The largest absolute Gasteiger partial charge is 0.329 e. The van der Waals surface area contributed by atoms with Gasteiger partial charge < -0.3 is 5.73 Å². The lowest BCUT2D eigenvalue weighted by Gasteiger charge is -2.24. The molecule has 0 aliphatic rings. The molecule has 0 fully saturated rings. The average molecular weight is 195 g/mol. The lowest BCUT2D eigenvalue weighted by Crippen LogP contribution is -2.45. The number of hydrogen-bond donors (Lipinski definition) is 2. The zero-order valence-corrected chi connectivity index (χ0v) is 8.56. The Labute approximate surface area is 74.1 Å². The molecule has 0 aliphatic carbocycles. The highest BCUT2D eigenvalue weighted by molar-refractivity contribution is 7.87. The topological polar surface area (TPSA) is 75.4 Å². The SMILES string of the molecule is CNS(=O)(=O)N(CCN)C(C)C. The van der Waals surface area contributed by atoms with E-state index in [2.05, 4.69) is 4.72 Å². The fraction of sp³-hybridized carbons (Fsp3) is 1.00. The summed E-state index contributed by atoms with van der Waals surface area (Å²) in [5.41, 5.74) is 5.28. The Balaban J connectivity index is 4.51. The zero-order chi connectivity index (χ0) is 9.78. The summed E-state index contributed by atoms with van der Waals surface area (Å²) in [5.74, 6) is 0. The van der Waals surface area contributed by atoms with E-state index < -0.39 is 10.2 Å². The molecular formula is C6H17N3O2S. The summed E-state index contributed by atoms with van der Waals surface area (Å²) in [5, 5.41) is 0. The van der Waals surface area contributed by atoms with Crippen molar-refractivity contribution in [3.05, 3.63) is 0 Å². The Hall–Kier alpha value is -0.170. The van der Waals surface area contributed by atoms with Gasteiger partial charge in [-0.3, -0.25) is 0 Å². The van der Waals surface area contributed by atoms with E-state index in [1.807, 2.05) is 13.8 Å². The molecule has 74 valence electrons. The molecule has 0 aromatic carbocycles. The summed E-state index contributed by atoms with van der Waals surface area (Å²) in [7, 11) is -1.93. The Kier molecular flexibility index (Phi) is 4.69. The third kappa shape index (κ3) is 3.06. The van der Waals surface area contributed by atoms with Crippen molar-refractivity contribution in [2.24, 2.45) is 5.73 Å². The van der Waals surface area contributed by atoms with Crippen molar-refractivity contribution < 1.29 is 8.42 Å². The van der Waals surface area contributed by atoms with Crippen LogP contribution >= 0.6 is 0 Å². The maximum Gasteiger partial charge on any atom is 0.279 e. The van der Waals surface area contributed by atoms with Crippen molar-refractivity contribution >= 4 is 10.2 Å². The molecule has 0 saturated carbocycles. The van der Waals surface area contributed by atoms with E-state index in [9.17, 15) is 8.42 Å². The monoisotopic (exact) mass is 195 g/mol. The van der Waals surface area contributed by atoms with E-state index in [1.165, 1.54) is 11.4 Å². The van der Waals surface area contributed by atoms with Crippen LogP contribution in [0.25, 0.3) is 0 Å². The molecule has 0 spiro atoms. The van der Waals surface area contributed by atoms with Crippen LogP contribution in [-0.4, -0.2) is 38.9 Å². The lowest BCUT2D eigenvalue weighted by atomic mass is 10.4. The minimum Gasteiger partial charge on any atom is -0.329 e. The highest BCUT2D eigenvalue weighted by Gasteiger charge is 2.21. The Morgan fingerprint density at radius 2 is 2.00 bits per heavy atom. The van der Waals surface area contributed by atoms with Crippen LogP contribution in [0.5, 0.6) is 0 Å². The molecule has 6 heteroatoms. The second-order valence-corrected chi connectivity index (χ2v) is 4.53. The fourth-order valence-corrected chi connectivity index (χ4v) is 2.04. The molecule has 0 aromatic heterocycles. The van der Waals surface area contributed by atoms with Crippen LogP contribution in [0.15, 0.2) is 0 Å². The fourth-order valence-electron chi connectivity index (χ4n) is 0.900. The summed E-state index contributed by atoms with van der Waals surface area (Å²) >= 11 is 0. The van der Waals surface area contributed by atoms with Crippen molar-refractivity contribution in [3.8, 4) is 0 Å². The van der Waals surface area contributed by atoms with Gasteiger partial charge in [0.25, 0.3) is 10.2 Å². The van der Waals surface area contributed by atoms with E-state index in [0.717, 1.165) is 0 Å². The molecule has 3 N–H and O–H groups in total. The first-order valence-electron chi connectivity index (χ1n) is 3.86. The zero-order valence-electron chi connectivity index (χ0n) is 7.74. The Morgan fingerprint density at radius 3 is 2.25 bits per heavy atom. The van der Waals surface area contributed by atoms with Crippen LogP contribution < -0.4 is 10.5 Å². The molecule has 0 rings (SSSR count). The van der Waals surface area contributed by atoms with Crippen LogP contribution in [0.2, 0.25) is 0 Å². The molecule has 0 amide bonds. The number of nitrogens with zero attached hydrogens (tertiary/aromatic N) is 1. The number of rotatable bonds is 5. The third-order valence-corrected chi connectivity index (χ3v) is 3.23. The Bertz CT molecular complexity index is 213. The Morgan fingerprint density at radius 1 is 1.50 bits per heavy atom. The van der Waals surface area contributed by atoms with E-state index in [1.54, 1.807) is 0 Å².